The predicted octanol–water partition coefficient (Wildman–Crippen LogP) is 7.75. The fraction of sp³-hybridized carbons (Fsp3) is 0.583. The van der Waals surface area contributed by atoms with Crippen molar-refractivity contribution in [2.24, 2.45) is 11.8 Å². The van der Waals surface area contributed by atoms with Crippen molar-refractivity contribution in [3.8, 4) is 17.2 Å². The second kappa shape index (κ2) is 16.5. The van der Waals surface area contributed by atoms with Crippen LogP contribution in [-0.4, -0.2) is 49.8 Å². The Hall–Kier alpha value is -2.51. The van der Waals surface area contributed by atoms with Gasteiger partial charge in [-0.25, -0.2) is 0 Å². The molecule has 2 fully saturated rings. The van der Waals surface area contributed by atoms with Crippen LogP contribution >= 0.6 is 17.0 Å². The second-order valence-electron chi connectivity index (χ2n) is 12.7. The Balaban J connectivity index is 0.000000230. The van der Waals surface area contributed by atoms with E-state index in [4.69, 9.17) is 9.47 Å². The first-order chi connectivity index (χ1) is 20.3. The molecule has 7 heteroatoms. The molecule has 43 heavy (non-hydrogen) atoms. The molecule has 5 rings (SSSR count). The number of rotatable bonds is 10. The molecule has 1 heterocycles. The molecule has 2 bridgehead atoms. The van der Waals surface area contributed by atoms with Gasteiger partial charge in [-0.3, -0.25) is 4.79 Å². The van der Waals surface area contributed by atoms with Crippen molar-refractivity contribution in [3.63, 3.8) is 0 Å². The molecule has 2 aromatic carbocycles. The first kappa shape index (κ1) is 35.0. The number of nitrogens with one attached hydrogen (secondary N) is 1. The number of benzene rings is 2. The lowest BCUT2D eigenvalue weighted by Gasteiger charge is -2.58. The van der Waals surface area contributed by atoms with Gasteiger partial charge in [0, 0.05) is 24.4 Å². The Bertz CT molecular complexity index is 1220. The quantitative estimate of drug-likeness (QED) is 0.202. The normalized spacial score (nSPS) is 22.5. The van der Waals surface area contributed by atoms with Gasteiger partial charge in [-0.1, -0.05) is 51.0 Å². The third kappa shape index (κ3) is 8.78. The van der Waals surface area contributed by atoms with Crippen LogP contribution in [0.2, 0.25) is 0 Å². The van der Waals surface area contributed by atoms with Crippen molar-refractivity contribution in [3.05, 3.63) is 65.2 Å². The number of likely N-dealkylation sites (N-methyl/N-ethyl adjacent to an activating group) is 1. The number of hydrogen-bond acceptors (Lipinski definition) is 5. The molecule has 1 aliphatic heterocycles. The molecule has 1 saturated carbocycles. The number of nitrogens with zero attached hydrogens (tertiary/aromatic N) is 1. The summed E-state index contributed by atoms with van der Waals surface area (Å²) in [6, 6.07) is 12.7. The number of aromatic hydroxyl groups is 1. The van der Waals surface area contributed by atoms with Crippen LogP contribution in [0, 0.1) is 11.8 Å². The maximum atomic E-state index is 11.8. The number of piperidine rings is 1. The van der Waals surface area contributed by atoms with Gasteiger partial charge in [0.2, 0.25) is 5.91 Å². The van der Waals surface area contributed by atoms with Crippen molar-refractivity contribution in [2.75, 3.05) is 27.8 Å². The lowest BCUT2D eigenvalue weighted by Crippen LogP contribution is -2.59. The number of unbranched alkanes of at least 4 members (excludes halogenated alkanes) is 2. The molecule has 3 atom stereocenters. The average molecular weight is 658 g/mol. The van der Waals surface area contributed by atoms with E-state index in [2.05, 4.69) is 61.5 Å². The Morgan fingerprint density at radius 2 is 1.93 bits per heavy atom. The van der Waals surface area contributed by atoms with Gasteiger partial charge in [-0.05, 0) is 111 Å². The molecule has 1 amide bonds. The number of carbonyl (C=O) groups is 1. The molecule has 1 saturated heterocycles. The van der Waals surface area contributed by atoms with Gasteiger partial charge in [-0.15, -0.1) is 17.0 Å². The van der Waals surface area contributed by atoms with Crippen molar-refractivity contribution < 1.29 is 19.4 Å². The second-order valence-corrected chi connectivity index (χ2v) is 12.7. The summed E-state index contributed by atoms with van der Waals surface area (Å²) in [7, 11) is 5.63. The number of carbonyl (C=O) groups excluding carboxylic acids is 1. The monoisotopic (exact) mass is 656 g/mol. The van der Waals surface area contributed by atoms with Gasteiger partial charge in [0.1, 0.15) is 5.75 Å². The van der Waals surface area contributed by atoms with Crippen molar-refractivity contribution in [1.29, 1.82) is 0 Å². The summed E-state index contributed by atoms with van der Waals surface area (Å²) in [4.78, 5) is 14.4. The van der Waals surface area contributed by atoms with E-state index in [0.29, 0.717) is 30.0 Å². The van der Waals surface area contributed by atoms with E-state index in [0.717, 1.165) is 42.5 Å². The highest BCUT2D eigenvalue weighted by Crippen LogP contribution is 2.55. The molecule has 2 N–H and O–H groups in total. The van der Waals surface area contributed by atoms with Crippen LogP contribution in [0.3, 0.4) is 0 Å². The average Bonchev–Trinajstić information content (AvgIpc) is 3.00. The highest BCUT2D eigenvalue weighted by Gasteiger charge is 2.53. The van der Waals surface area contributed by atoms with Crippen LogP contribution < -0.4 is 14.8 Å². The Morgan fingerprint density at radius 3 is 2.67 bits per heavy atom. The lowest BCUT2D eigenvalue weighted by molar-refractivity contribution is -0.121. The van der Waals surface area contributed by atoms with E-state index in [9.17, 15) is 9.90 Å². The summed E-state index contributed by atoms with van der Waals surface area (Å²) in [5.41, 5.74) is 4.58. The van der Waals surface area contributed by atoms with E-state index in [1.54, 1.807) is 36.4 Å². The fourth-order valence-corrected chi connectivity index (χ4v) is 7.34. The molecule has 2 aromatic rings. The van der Waals surface area contributed by atoms with Crippen molar-refractivity contribution in [2.45, 2.75) is 96.1 Å². The minimum Gasteiger partial charge on any atom is -0.504 e. The number of phenols is 1. The Morgan fingerprint density at radius 1 is 1.12 bits per heavy atom. The van der Waals surface area contributed by atoms with Crippen LogP contribution in [0.4, 0.5) is 0 Å². The van der Waals surface area contributed by atoms with E-state index in [1.165, 1.54) is 52.2 Å². The topological polar surface area (TPSA) is 71.0 Å². The van der Waals surface area contributed by atoms with Crippen molar-refractivity contribution in [1.82, 2.24) is 10.2 Å². The predicted molar refractivity (Wildman–Crippen MR) is 181 cm³/mol. The number of ether oxygens (including phenoxy) is 2. The first-order valence-electron chi connectivity index (χ1n) is 15.9. The van der Waals surface area contributed by atoms with Crippen LogP contribution in [-0.2, 0) is 23.2 Å². The molecular formula is C36H53BrN2O4. The number of halogens is 1. The third-order valence-corrected chi connectivity index (χ3v) is 9.60. The number of phenolic OH excluding ortho intramolecular Hbond substituents is 1. The van der Waals surface area contributed by atoms with Gasteiger partial charge in [0.05, 0.1) is 14.2 Å². The van der Waals surface area contributed by atoms with E-state index >= 15 is 0 Å². The van der Waals surface area contributed by atoms with E-state index in [-0.39, 0.29) is 28.6 Å². The van der Waals surface area contributed by atoms with E-state index in [1.807, 2.05) is 0 Å². The summed E-state index contributed by atoms with van der Waals surface area (Å²) >= 11 is 0. The number of hydrogen-bond donors (Lipinski definition) is 2. The van der Waals surface area contributed by atoms with Gasteiger partial charge >= 0.3 is 0 Å². The molecule has 2 aliphatic carbocycles. The Labute approximate surface area is 270 Å². The molecule has 0 radical (unpaired) electrons. The molecule has 0 spiro atoms. The molecule has 238 valence electrons. The summed E-state index contributed by atoms with van der Waals surface area (Å²) in [6.45, 7) is 6.02. The van der Waals surface area contributed by atoms with Crippen LogP contribution in [0.5, 0.6) is 17.2 Å². The van der Waals surface area contributed by atoms with E-state index < -0.39 is 0 Å². The maximum absolute atomic E-state index is 11.8. The van der Waals surface area contributed by atoms with Gasteiger partial charge in [0.25, 0.3) is 0 Å². The standard InChI is InChI=1S/C18H27NO3.C18H25NO.BrH/c1-14(2)8-6-4-5-7-9-18(21)19-13-15-10-11-16(20)17(12-15)22-3;1-19-10-9-18-8-4-3-5-15(18)17(19)11-13-6-7-14(20-2)12-16(13)18;/h6,8,10-12,14,20H,4-5,7,9,13H2,1-3H3,(H,19,21);6-7,12,15,17H,3-5,8-11H2,1-2H3;1H/b8-6+;;/t;15-,17-,18-;/m.1./s1. The van der Waals surface area contributed by atoms with Crippen LogP contribution in [0.15, 0.2) is 48.6 Å². The smallest absolute Gasteiger partial charge is 0.220 e. The maximum Gasteiger partial charge on any atom is 0.220 e. The lowest BCUT2D eigenvalue weighted by atomic mass is 9.52. The Kier molecular flexibility index (Phi) is 13.4. The largest absolute Gasteiger partial charge is 0.504 e. The zero-order chi connectivity index (χ0) is 30.1. The minimum atomic E-state index is 0. The first-order valence-corrected chi connectivity index (χ1v) is 15.9. The molecule has 3 aliphatic rings. The number of amides is 1. The zero-order valence-electron chi connectivity index (χ0n) is 26.9. The number of likely N-dealkylation sites (tertiary alicyclic amines) is 1. The number of methoxy groups -OCH3 is 2. The van der Waals surface area contributed by atoms with Gasteiger partial charge in [0.15, 0.2) is 11.5 Å². The summed E-state index contributed by atoms with van der Waals surface area (Å²) in [5, 5.41) is 12.4. The SMILES string of the molecule is Br.COc1cc(CNC(=O)CCCC/C=C/C(C)C)ccc1O.COc1ccc2c(c1)[C@@]13CCCC[C@@H]1[C@@H](C2)N(C)CC3. The minimum absolute atomic E-state index is 0. The third-order valence-electron chi connectivity index (χ3n) is 9.60. The highest BCUT2D eigenvalue weighted by atomic mass is 79.9. The number of fused-ring (bicyclic) bond motifs is 1. The molecular weight excluding hydrogens is 604 g/mol. The summed E-state index contributed by atoms with van der Waals surface area (Å²) in [6.07, 6.45) is 16.1. The van der Waals surface area contributed by atoms with Gasteiger partial charge in [-0.2, -0.15) is 0 Å². The molecule has 0 aromatic heterocycles. The van der Waals surface area contributed by atoms with Crippen LogP contribution in [0.1, 0.15) is 88.3 Å². The summed E-state index contributed by atoms with van der Waals surface area (Å²) < 4.78 is 10.5. The molecule has 0 unspecified atom stereocenters. The van der Waals surface area contributed by atoms with Gasteiger partial charge < -0.3 is 24.8 Å². The zero-order valence-corrected chi connectivity index (χ0v) is 28.6. The summed E-state index contributed by atoms with van der Waals surface area (Å²) in [5.74, 6) is 3.08. The molecule has 6 nitrogen and oxygen atoms in total. The highest BCUT2D eigenvalue weighted by molar-refractivity contribution is 8.93. The van der Waals surface area contributed by atoms with Crippen molar-refractivity contribution >= 4 is 22.9 Å². The fourth-order valence-electron chi connectivity index (χ4n) is 7.34. The van der Waals surface area contributed by atoms with Crippen LogP contribution in [0.25, 0.3) is 0 Å². The number of allylic oxidation sites excluding steroid dienone is 2.